The number of ether oxygens (including phenoxy) is 1. The van der Waals surface area contributed by atoms with Gasteiger partial charge in [0.1, 0.15) is 16.3 Å². The lowest BCUT2D eigenvalue weighted by atomic mass is 10.1. The molecule has 2 amide bonds. The zero-order valence-corrected chi connectivity index (χ0v) is 19.2. The Morgan fingerprint density at radius 2 is 1.86 bits per heavy atom. The Morgan fingerprint density at radius 1 is 1.17 bits per heavy atom. The van der Waals surface area contributed by atoms with E-state index in [1.54, 1.807) is 18.9 Å². The number of nitrogens with one attached hydrogen (secondary N) is 1. The third kappa shape index (κ3) is 4.87. The quantitative estimate of drug-likeness (QED) is 0.652. The third-order valence-electron chi connectivity index (χ3n) is 4.77. The number of methoxy groups -OCH3 is 1. The largest absolute Gasteiger partial charge is 0.496 e. The molecule has 0 radical (unpaired) electrons. The molecule has 1 aliphatic rings. The Morgan fingerprint density at radius 3 is 2.48 bits per heavy atom. The molecule has 0 spiro atoms. The molecule has 1 aliphatic heterocycles. The van der Waals surface area contributed by atoms with Crippen molar-refractivity contribution in [1.82, 2.24) is 15.2 Å². The fraction of sp³-hybridized carbons (Fsp3) is 0.381. The van der Waals surface area contributed by atoms with E-state index >= 15 is 0 Å². The van der Waals surface area contributed by atoms with Gasteiger partial charge in [-0.25, -0.2) is 4.98 Å². The van der Waals surface area contributed by atoms with Crippen molar-refractivity contribution in [2.45, 2.75) is 33.1 Å². The minimum absolute atomic E-state index is 0.199. The maximum Gasteiger partial charge on any atom is 0.271 e. The van der Waals surface area contributed by atoms with Crippen LogP contribution in [0.3, 0.4) is 0 Å². The van der Waals surface area contributed by atoms with Gasteiger partial charge in [-0.15, -0.1) is 11.3 Å². The van der Waals surface area contributed by atoms with E-state index in [0.717, 1.165) is 24.3 Å². The summed E-state index contributed by atoms with van der Waals surface area (Å²) >= 11 is 4.88. The monoisotopic (exact) mass is 477 g/mol. The van der Waals surface area contributed by atoms with Gasteiger partial charge in [-0.05, 0) is 55.1 Å². The van der Waals surface area contributed by atoms with Crippen molar-refractivity contribution in [3.8, 4) is 5.75 Å². The Bertz CT molecular complexity index is 948. The second kappa shape index (κ2) is 9.54. The molecule has 1 aromatic heterocycles. The molecule has 0 bridgehead atoms. The average Bonchev–Trinajstić information content (AvgIpc) is 3.09. The number of piperidine rings is 1. The number of hydrogen-bond acceptors (Lipinski definition) is 5. The molecule has 0 atom stereocenters. The minimum Gasteiger partial charge on any atom is -0.496 e. The average molecular weight is 478 g/mol. The van der Waals surface area contributed by atoms with Crippen LogP contribution in [0.5, 0.6) is 5.75 Å². The molecule has 29 heavy (non-hydrogen) atoms. The molecule has 0 unspecified atom stereocenters. The molecule has 1 N–H and O–H groups in total. The highest BCUT2D eigenvalue weighted by atomic mass is 79.9. The van der Waals surface area contributed by atoms with E-state index in [4.69, 9.17) is 4.74 Å². The summed E-state index contributed by atoms with van der Waals surface area (Å²) in [6, 6.07) is 7.39. The van der Waals surface area contributed by atoms with Gasteiger partial charge < -0.3 is 15.0 Å². The van der Waals surface area contributed by atoms with Crippen LogP contribution in [0, 0.1) is 13.8 Å². The number of amides is 2. The standard InChI is InChI=1S/C21H24BrN3O3S/c1-13-19(29-14(2)23-13)20(26)24-18(21(27)25-11-7-4-8-12-25)17(22)15-9-5-6-10-16(15)28-3/h5-6,9-10H,4,7-8,11-12H2,1-3H3,(H,24,26)/b18-17+. The lowest BCUT2D eigenvalue weighted by molar-refractivity contribution is -0.128. The first-order valence-corrected chi connectivity index (χ1v) is 11.1. The molecular weight excluding hydrogens is 454 g/mol. The van der Waals surface area contributed by atoms with Crippen LogP contribution in [-0.2, 0) is 4.79 Å². The Hall–Kier alpha value is -2.19. The highest BCUT2D eigenvalue weighted by Crippen LogP contribution is 2.33. The van der Waals surface area contributed by atoms with Gasteiger partial charge in [-0.3, -0.25) is 9.59 Å². The molecule has 2 aromatic rings. The van der Waals surface area contributed by atoms with Gasteiger partial charge in [0.05, 0.1) is 22.3 Å². The van der Waals surface area contributed by atoms with Crippen LogP contribution >= 0.6 is 27.3 Å². The number of rotatable bonds is 5. The third-order valence-corrected chi connectivity index (χ3v) is 6.66. The lowest BCUT2D eigenvalue weighted by Crippen LogP contribution is -2.41. The van der Waals surface area contributed by atoms with Crippen molar-refractivity contribution < 1.29 is 14.3 Å². The number of aryl methyl sites for hydroxylation is 2. The molecule has 8 heteroatoms. The smallest absolute Gasteiger partial charge is 0.271 e. The number of halogens is 1. The predicted molar refractivity (Wildman–Crippen MR) is 118 cm³/mol. The number of hydrogen-bond donors (Lipinski definition) is 1. The van der Waals surface area contributed by atoms with Crippen LogP contribution in [0.15, 0.2) is 30.0 Å². The molecule has 2 heterocycles. The Balaban J connectivity index is 2.02. The predicted octanol–water partition coefficient (Wildman–Crippen LogP) is 4.27. The minimum atomic E-state index is -0.333. The van der Waals surface area contributed by atoms with E-state index in [0.29, 0.717) is 39.5 Å². The molecular formula is C21H24BrN3O3S. The summed E-state index contributed by atoms with van der Waals surface area (Å²) < 4.78 is 5.94. The summed E-state index contributed by atoms with van der Waals surface area (Å²) in [4.78, 5) is 32.9. The van der Waals surface area contributed by atoms with E-state index in [9.17, 15) is 9.59 Å². The van der Waals surface area contributed by atoms with Crippen LogP contribution < -0.4 is 10.1 Å². The molecule has 0 saturated carbocycles. The van der Waals surface area contributed by atoms with Gasteiger partial charge in [0.2, 0.25) is 0 Å². The Kier molecular flexibility index (Phi) is 7.08. The molecule has 6 nitrogen and oxygen atoms in total. The van der Waals surface area contributed by atoms with Crippen molar-refractivity contribution in [1.29, 1.82) is 0 Å². The Labute approximate surface area is 183 Å². The maximum atomic E-state index is 13.3. The topological polar surface area (TPSA) is 71.5 Å². The van der Waals surface area contributed by atoms with Gasteiger partial charge in [0.25, 0.3) is 11.8 Å². The number of likely N-dealkylation sites (tertiary alicyclic amines) is 1. The first-order chi connectivity index (χ1) is 13.9. The summed E-state index contributed by atoms with van der Waals surface area (Å²) in [6.07, 6.45) is 3.04. The number of carbonyl (C=O) groups excluding carboxylic acids is 2. The first-order valence-electron chi connectivity index (χ1n) is 9.50. The summed E-state index contributed by atoms with van der Waals surface area (Å²) in [5.41, 5.74) is 1.57. The molecule has 1 aromatic carbocycles. The highest BCUT2D eigenvalue weighted by molar-refractivity contribution is 9.15. The van der Waals surface area contributed by atoms with E-state index in [2.05, 4.69) is 26.2 Å². The van der Waals surface area contributed by atoms with Gasteiger partial charge in [0.15, 0.2) is 0 Å². The second-order valence-electron chi connectivity index (χ2n) is 6.84. The molecule has 3 rings (SSSR count). The van der Waals surface area contributed by atoms with Crippen molar-refractivity contribution in [2.75, 3.05) is 20.2 Å². The first kappa shape index (κ1) is 21.5. The molecule has 1 fully saturated rings. The molecule has 154 valence electrons. The van der Waals surface area contributed by atoms with Gasteiger partial charge in [-0.2, -0.15) is 0 Å². The number of para-hydroxylation sites is 1. The van der Waals surface area contributed by atoms with Gasteiger partial charge >= 0.3 is 0 Å². The summed E-state index contributed by atoms with van der Waals surface area (Å²) in [5, 5.41) is 3.66. The fourth-order valence-electron chi connectivity index (χ4n) is 3.33. The van der Waals surface area contributed by atoms with Gasteiger partial charge in [-0.1, -0.05) is 18.2 Å². The van der Waals surface area contributed by atoms with E-state index in [1.807, 2.05) is 31.2 Å². The zero-order chi connectivity index (χ0) is 21.0. The summed E-state index contributed by atoms with van der Waals surface area (Å²) in [6.45, 7) is 5.02. The number of carbonyl (C=O) groups is 2. The second-order valence-corrected chi connectivity index (χ2v) is 8.84. The normalized spacial score (nSPS) is 15.0. The van der Waals surface area contributed by atoms with Crippen molar-refractivity contribution >= 4 is 43.6 Å². The van der Waals surface area contributed by atoms with Crippen molar-refractivity contribution in [3.05, 3.63) is 51.1 Å². The van der Waals surface area contributed by atoms with Crippen LogP contribution in [0.2, 0.25) is 0 Å². The van der Waals surface area contributed by atoms with E-state index < -0.39 is 0 Å². The molecule has 0 aliphatic carbocycles. The fourth-order valence-corrected chi connectivity index (χ4v) is 4.74. The number of thiazole rings is 1. The lowest BCUT2D eigenvalue weighted by Gasteiger charge is -2.28. The van der Waals surface area contributed by atoms with Crippen LogP contribution in [-0.4, -0.2) is 41.9 Å². The molecule has 1 saturated heterocycles. The van der Waals surface area contributed by atoms with E-state index in [1.165, 1.54) is 11.3 Å². The summed E-state index contributed by atoms with van der Waals surface area (Å²) in [7, 11) is 1.58. The van der Waals surface area contributed by atoms with Gasteiger partial charge in [0, 0.05) is 18.7 Å². The number of aromatic nitrogens is 1. The highest BCUT2D eigenvalue weighted by Gasteiger charge is 2.27. The van der Waals surface area contributed by atoms with Crippen LogP contribution in [0.1, 0.15) is 45.2 Å². The SMILES string of the molecule is COc1ccccc1/C(Br)=C(\NC(=O)c1sc(C)nc1C)C(=O)N1CCCCC1. The number of benzene rings is 1. The van der Waals surface area contributed by atoms with Crippen molar-refractivity contribution in [3.63, 3.8) is 0 Å². The zero-order valence-electron chi connectivity index (χ0n) is 16.8. The summed E-state index contributed by atoms with van der Waals surface area (Å²) in [5.74, 6) is 0.0809. The van der Waals surface area contributed by atoms with Crippen molar-refractivity contribution in [2.24, 2.45) is 0 Å². The van der Waals surface area contributed by atoms with E-state index in [-0.39, 0.29) is 17.5 Å². The maximum absolute atomic E-state index is 13.3. The van der Waals surface area contributed by atoms with Crippen LogP contribution in [0.4, 0.5) is 0 Å². The number of nitrogens with zero attached hydrogens (tertiary/aromatic N) is 2. The van der Waals surface area contributed by atoms with Crippen LogP contribution in [0.25, 0.3) is 4.48 Å².